The molecular formula is C26H32N4O5S. The van der Waals surface area contributed by atoms with Crippen LogP contribution in [0.2, 0.25) is 0 Å². The molecule has 0 radical (unpaired) electrons. The molecule has 3 unspecified atom stereocenters. The molecule has 1 aromatic heterocycles. The van der Waals surface area contributed by atoms with Crippen LogP contribution in [0.4, 0.5) is 0 Å². The summed E-state index contributed by atoms with van der Waals surface area (Å²) < 4.78 is 27.5. The van der Waals surface area contributed by atoms with Crippen LogP contribution in [0, 0.1) is 0 Å². The fourth-order valence-corrected chi connectivity index (χ4v) is 6.53. The number of carbonyl (C=O) groups excluding carboxylic acids is 3. The maximum absolute atomic E-state index is 13.5. The maximum Gasteiger partial charge on any atom is 0.261 e. The molecule has 2 amide bonds. The zero-order valence-corrected chi connectivity index (χ0v) is 21.6. The molecule has 0 bridgehead atoms. The van der Waals surface area contributed by atoms with Crippen molar-refractivity contribution in [1.82, 2.24) is 19.5 Å². The first-order chi connectivity index (χ1) is 17.1. The van der Waals surface area contributed by atoms with Crippen molar-refractivity contribution in [3.05, 3.63) is 59.8 Å². The van der Waals surface area contributed by atoms with Gasteiger partial charge in [-0.25, -0.2) is 13.4 Å². The highest BCUT2D eigenvalue weighted by Gasteiger charge is 2.54. The van der Waals surface area contributed by atoms with Crippen molar-refractivity contribution in [3.8, 4) is 0 Å². The minimum absolute atomic E-state index is 0.122. The number of carbonyl (C=O) groups is 3. The van der Waals surface area contributed by atoms with Crippen LogP contribution in [0.1, 0.15) is 61.9 Å². The van der Waals surface area contributed by atoms with E-state index >= 15 is 0 Å². The van der Waals surface area contributed by atoms with Gasteiger partial charge in [0, 0.05) is 18.3 Å². The number of fused-ring (bicyclic) bond motifs is 1. The summed E-state index contributed by atoms with van der Waals surface area (Å²) in [5.41, 5.74) is 1.57. The van der Waals surface area contributed by atoms with E-state index in [1.54, 1.807) is 24.3 Å². The average Bonchev–Trinajstić information content (AvgIpc) is 3.45. The number of amides is 2. The van der Waals surface area contributed by atoms with E-state index in [1.807, 2.05) is 19.1 Å². The highest BCUT2D eigenvalue weighted by Crippen LogP contribution is 2.34. The van der Waals surface area contributed by atoms with Gasteiger partial charge in [0.05, 0.1) is 12.6 Å². The first-order valence-corrected chi connectivity index (χ1v) is 13.8. The fourth-order valence-electron chi connectivity index (χ4n) is 4.97. The molecular weight excluding hydrogens is 480 g/mol. The van der Waals surface area contributed by atoms with E-state index in [0.29, 0.717) is 30.7 Å². The van der Waals surface area contributed by atoms with Gasteiger partial charge in [-0.15, -0.1) is 0 Å². The number of hydrogen-bond acceptors (Lipinski definition) is 6. The van der Waals surface area contributed by atoms with E-state index in [1.165, 1.54) is 21.5 Å². The molecule has 2 saturated heterocycles. The first-order valence-electron chi connectivity index (χ1n) is 12.3. The predicted octanol–water partition coefficient (Wildman–Crippen LogP) is 2.35. The van der Waals surface area contributed by atoms with E-state index < -0.39 is 28.1 Å². The molecule has 4 rings (SSSR count). The van der Waals surface area contributed by atoms with Crippen LogP contribution < -0.4 is 5.32 Å². The second-order valence-corrected chi connectivity index (χ2v) is 11.4. The number of sulfonamides is 1. The minimum Gasteiger partial charge on any atom is -0.340 e. The van der Waals surface area contributed by atoms with Crippen molar-refractivity contribution >= 4 is 27.6 Å². The van der Waals surface area contributed by atoms with Crippen molar-refractivity contribution in [1.29, 1.82) is 0 Å². The van der Waals surface area contributed by atoms with Gasteiger partial charge in [-0.05, 0) is 48.6 Å². The highest BCUT2D eigenvalue weighted by molar-refractivity contribution is 7.89. The number of hydrogen-bond donors (Lipinski definition) is 1. The van der Waals surface area contributed by atoms with Gasteiger partial charge in [-0.1, -0.05) is 45.4 Å². The van der Waals surface area contributed by atoms with Gasteiger partial charge < -0.3 is 10.2 Å². The molecule has 3 heterocycles. The van der Waals surface area contributed by atoms with Gasteiger partial charge in [0.1, 0.15) is 12.1 Å². The van der Waals surface area contributed by atoms with Gasteiger partial charge in [0.25, 0.3) is 15.9 Å². The van der Waals surface area contributed by atoms with Crippen molar-refractivity contribution in [2.45, 2.75) is 69.1 Å². The lowest BCUT2D eigenvalue weighted by atomic mass is 10.0. The Morgan fingerprint density at radius 1 is 1.14 bits per heavy atom. The second kappa shape index (κ2) is 10.5. The molecule has 36 heavy (non-hydrogen) atoms. The smallest absolute Gasteiger partial charge is 0.261 e. The van der Waals surface area contributed by atoms with Crippen LogP contribution in [0.15, 0.2) is 53.7 Å². The number of rotatable bonds is 8. The largest absolute Gasteiger partial charge is 0.340 e. The average molecular weight is 513 g/mol. The number of likely N-dealkylation sites (tertiary alicyclic amines) is 1. The molecule has 2 aliphatic heterocycles. The normalized spacial score (nSPS) is 21.0. The lowest BCUT2D eigenvalue weighted by Crippen LogP contribution is -2.52. The van der Waals surface area contributed by atoms with Gasteiger partial charge >= 0.3 is 0 Å². The summed E-state index contributed by atoms with van der Waals surface area (Å²) in [7, 11) is -3.98. The summed E-state index contributed by atoms with van der Waals surface area (Å²) in [6.07, 6.45) is 2.80. The molecule has 3 atom stereocenters. The Balaban J connectivity index is 1.51. The summed E-state index contributed by atoms with van der Waals surface area (Å²) in [6.45, 7) is 6.00. The van der Waals surface area contributed by atoms with Crippen LogP contribution in [0.25, 0.3) is 0 Å². The van der Waals surface area contributed by atoms with Crippen LogP contribution in [-0.4, -0.2) is 71.4 Å². The number of aromatic nitrogens is 1. The van der Waals surface area contributed by atoms with Crippen LogP contribution >= 0.6 is 0 Å². The number of ketones is 1. The van der Waals surface area contributed by atoms with Crippen molar-refractivity contribution in [2.75, 3.05) is 13.1 Å². The lowest BCUT2D eigenvalue weighted by molar-refractivity contribution is -0.138. The SMILES string of the molecule is CCCC(NC(=O)c1ccc(C(C)C)cc1)C(=O)N1CCC2C1C(=O)CN2S(=O)(=O)c1ccccn1. The van der Waals surface area contributed by atoms with E-state index in [0.717, 1.165) is 5.56 Å². The zero-order valence-electron chi connectivity index (χ0n) is 20.8. The third-order valence-electron chi connectivity index (χ3n) is 6.89. The second-order valence-electron chi connectivity index (χ2n) is 9.61. The molecule has 0 spiro atoms. The van der Waals surface area contributed by atoms with Gasteiger partial charge in [0.2, 0.25) is 5.91 Å². The number of nitrogens with zero attached hydrogens (tertiary/aromatic N) is 3. The molecule has 0 saturated carbocycles. The first kappa shape index (κ1) is 26.0. The van der Waals surface area contributed by atoms with Crippen molar-refractivity contribution < 1.29 is 22.8 Å². The molecule has 10 heteroatoms. The third-order valence-corrected chi connectivity index (χ3v) is 8.68. The monoisotopic (exact) mass is 512 g/mol. The quantitative estimate of drug-likeness (QED) is 0.580. The number of benzene rings is 1. The Morgan fingerprint density at radius 2 is 1.86 bits per heavy atom. The Kier molecular flexibility index (Phi) is 7.56. The molecule has 2 aliphatic rings. The van der Waals surface area contributed by atoms with Crippen LogP contribution in [0.5, 0.6) is 0 Å². The minimum atomic E-state index is -3.98. The Labute approximate surface area is 211 Å². The summed E-state index contributed by atoms with van der Waals surface area (Å²) >= 11 is 0. The molecule has 0 aliphatic carbocycles. The summed E-state index contributed by atoms with van der Waals surface area (Å²) in [5.74, 6) is -0.701. The van der Waals surface area contributed by atoms with Gasteiger partial charge in [-0.2, -0.15) is 4.31 Å². The van der Waals surface area contributed by atoms with Gasteiger partial charge in [-0.3, -0.25) is 14.4 Å². The Hall–Kier alpha value is -3.11. The Bertz CT molecular complexity index is 1230. The molecule has 2 fully saturated rings. The molecule has 2 aromatic rings. The van der Waals surface area contributed by atoms with Crippen LogP contribution in [0.3, 0.4) is 0 Å². The standard InChI is InChI=1S/C26H32N4O5S/c1-4-7-20(28-25(32)19-11-9-18(10-12-19)17(2)3)26(33)29-15-13-21-24(29)22(31)16-30(21)36(34,35)23-8-5-6-14-27-23/h5-6,8-12,14,17,20-21,24H,4,7,13,15-16H2,1-3H3,(H,28,32). The zero-order chi connectivity index (χ0) is 26.0. The summed E-state index contributed by atoms with van der Waals surface area (Å²) in [5, 5.41) is 2.72. The van der Waals surface area contributed by atoms with E-state index in [9.17, 15) is 22.8 Å². The topological polar surface area (TPSA) is 117 Å². The molecule has 192 valence electrons. The van der Waals surface area contributed by atoms with Crippen molar-refractivity contribution in [3.63, 3.8) is 0 Å². The summed E-state index contributed by atoms with van der Waals surface area (Å²) in [4.78, 5) is 44.8. The van der Waals surface area contributed by atoms with Crippen LogP contribution in [-0.2, 0) is 19.6 Å². The number of Topliss-reactive ketones (excluding diaryl/α,β-unsaturated/α-hetero) is 1. The molecule has 1 aromatic carbocycles. The maximum atomic E-state index is 13.5. The summed E-state index contributed by atoms with van der Waals surface area (Å²) in [6, 6.07) is 9.56. The number of nitrogens with one attached hydrogen (secondary N) is 1. The predicted molar refractivity (Wildman–Crippen MR) is 134 cm³/mol. The Morgan fingerprint density at radius 3 is 2.47 bits per heavy atom. The number of pyridine rings is 1. The highest BCUT2D eigenvalue weighted by atomic mass is 32.2. The molecule has 1 N–H and O–H groups in total. The van der Waals surface area contributed by atoms with Crippen molar-refractivity contribution in [2.24, 2.45) is 0 Å². The van der Waals surface area contributed by atoms with E-state index in [4.69, 9.17) is 0 Å². The van der Waals surface area contributed by atoms with Gasteiger partial charge in [0.15, 0.2) is 10.8 Å². The fraction of sp³-hybridized carbons (Fsp3) is 0.462. The molecule has 9 nitrogen and oxygen atoms in total. The van der Waals surface area contributed by atoms with E-state index in [2.05, 4.69) is 24.1 Å². The van der Waals surface area contributed by atoms with E-state index in [-0.39, 0.29) is 35.7 Å². The third kappa shape index (κ3) is 4.92. The lowest BCUT2D eigenvalue weighted by Gasteiger charge is -2.28.